The number of ether oxygens (including phenoxy) is 2. The molecule has 0 spiro atoms. The summed E-state index contributed by atoms with van der Waals surface area (Å²) in [6, 6.07) is 6.83. The van der Waals surface area contributed by atoms with Crippen LogP contribution in [0.15, 0.2) is 24.3 Å². The molecule has 0 N–H and O–H groups in total. The third kappa shape index (κ3) is 20.2. The molecule has 0 saturated heterocycles. The van der Waals surface area contributed by atoms with E-state index < -0.39 is 11.9 Å². The molecule has 0 aliphatic carbocycles. The monoisotopic (exact) mass is 617 g/mol. The van der Waals surface area contributed by atoms with E-state index in [1.54, 1.807) is 24.3 Å². The van der Waals surface area contributed by atoms with Crippen molar-refractivity contribution in [2.24, 2.45) is 0 Å². The van der Waals surface area contributed by atoms with Crippen LogP contribution in [0.25, 0.3) is 0 Å². The number of rotatable bonds is 30. The maximum absolute atomic E-state index is 13.0. The number of esters is 2. The molecule has 1 rings (SSSR count). The molecule has 6 heteroatoms. The van der Waals surface area contributed by atoms with Gasteiger partial charge in [0.15, 0.2) is 0 Å². The van der Waals surface area contributed by atoms with E-state index in [1.807, 2.05) is 0 Å². The van der Waals surface area contributed by atoms with Gasteiger partial charge in [-0.25, -0.2) is 9.59 Å². The van der Waals surface area contributed by atoms with Gasteiger partial charge in [-0.15, -0.1) is 0 Å². The van der Waals surface area contributed by atoms with Crippen molar-refractivity contribution in [2.45, 2.75) is 156 Å². The van der Waals surface area contributed by atoms with Gasteiger partial charge in [0.2, 0.25) is 0 Å². The fourth-order valence-electron chi connectivity index (χ4n) is 5.57. The third-order valence-corrected chi connectivity index (χ3v) is 8.67. The molecule has 0 atom stereocenters. The summed E-state index contributed by atoms with van der Waals surface area (Å²) in [7, 11) is 0. The van der Waals surface area contributed by atoms with Gasteiger partial charge in [0.25, 0.3) is 0 Å². The summed E-state index contributed by atoms with van der Waals surface area (Å²) < 4.78 is 11.3. The van der Waals surface area contributed by atoms with Crippen LogP contribution in [0.1, 0.15) is 177 Å². The molecule has 0 unspecified atom stereocenters. The molecule has 0 aromatic heterocycles. The first-order valence-corrected chi connectivity index (χ1v) is 18.4. The van der Waals surface area contributed by atoms with Gasteiger partial charge in [0.05, 0.1) is 11.1 Å². The average Bonchev–Trinajstić information content (AvgIpc) is 3.05. The second-order valence-corrected chi connectivity index (χ2v) is 12.5. The lowest BCUT2D eigenvalue weighted by atomic mass is 10.1. The van der Waals surface area contributed by atoms with Crippen molar-refractivity contribution < 1.29 is 19.1 Å². The summed E-state index contributed by atoms with van der Waals surface area (Å²) in [6.45, 7) is 12.6. The Morgan fingerprint density at radius 3 is 1.07 bits per heavy atom. The lowest BCUT2D eigenvalue weighted by Crippen LogP contribution is -2.30. The van der Waals surface area contributed by atoms with Gasteiger partial charge < -0.3 is 9.47 Å². The first kappa shape index (κ1) is 40.1. The number of benzene rings is 1. The van der Waals surface area contributed by atoms with Crippen LogP contribution in [0.2, 0.25) is 0 Å². The highest BCUT2D eigenvalue weighted by molar-refractivity contribution is 6.03. The summed E-state index contributed by atoms with van der Waals surface area (Å²) in [6.07, 6.45) is 26.1. The molecular weight excluding hydrogens is 548 g/mol. The molecule has 0 fully saturated rings. The van der Waals surface area contributed by atoms with Crippen LogP contribution in [-0.2, 0) is 9.47 Å². The second kappa shape index (κ2) is 28.5. The quantitative estimate of drug-likeness (QED) is 0.0487. The van der Waals surface area contributed by atoms with Crippen LogP contribution in [0.5, 0.6) is 0 Å². The largest absolute Gasteiger partial charge is 0.446 e. The molecule has 0 radical (unpaired) electrons. The van der Waals surface area contributed by atoms with Crippen molar-refractivity contribution in [1.29, 1.82) is 0 Å². The molecule has 0 bridgehead atoms. The standard InChI is InChI=1S/C38H68N2O4/c1-5-9-11-13-15-17-19-21-23-27-31-39(7-3)33-43-37(41)35-29-25-26-30-36(35)38(42)44-34-40(8-4)32-28-24-22-20-18-16-14-12-10-6-2/h25-26,29-30H,5-24,27-28,31-34H2,1-4H3. The van der Waals surface area contributed by atoms with E-state index in [1.165, 1.54) is 116 Å². The smallest absolute Gasteiger partial charge is 0.340 e. The SMILES string of the molecule is CCCCCCCCCCCCN(CC)COC(=O)c1ccccc1C(=O)OCN(CC)CCCCCCCCCCCC. The summed E-state index contributed by atoms with van der Waals surface area (Å²) >= 11 is 0. The molecule has 6 nitrogen and oxygen atoms in total. The number of hydrogen-bond donors (Lipinski definition) is 0. The van der Waals surface area contributed by atoms with Gasteiger partial charge in [0.1, 0.15) is 13.5 Å². The Hall–Kier alpha value is -1.92. The fraction of sp³-hybridized carbons (Fsp3) is 0.789. The maximum Gasteiger partial charge on any atom is 0.340 e. The van der Waals surface area contributed by atoms with Crippen molar-refractivity contribution in [3.8, 4) is 0 Å². The van der Waals surface area contributed by atoms with Crippen LogP contribution in [0.3, 0.4) is 0 Å². The van der Waals surface area contributed by atoms with Gasteiger partial charge in [-0.3, -0.25) is 9.80 Å². The summed E-state index contributed by atoms with van der Waals surface area (Å²) in [5.41, 5.74) is 0.537. The van der Waals surface area contributed by atoms with E-state index in [0.29, 0.717) is 0 Å². The number of nitrogens with zero attached hydrogens (tertiary/aromatic N) is 2. The van der Waals surface area contributed by atoms with Gasteiger partial charge in [-0.05, 0) is 38.1 Å². The average molecular weight is 617 g/mol. The Balaban J connectivity index is 2.33. The van der Waals surface area contributed by atoms with Crippen molar-refractivity contribution in [3.05, 3.63) is 35.4 Å². The van der Waals surface area contributed by atoms with Crippen molar-refractivity contribution in [2.75, 3.05) is 39.6 Å². The van der Waals surface area contributed by atoms with E-state index in [2.05, 4.69) is 37.5 Å². The second-order valence-electron chi connectivity index (χ2n) is 12.5. The molecule has 254 valence electrons. The molecule has 0 aliphatic rings. The topological polar surface area (TPSA) is 59.1 Å². The molecule has 44 heavy (non-hydrogen) atoms. The number of carbonyl (C=O) groups excluding carboxylic acids is 2. The van der Waals surface area contributed by atoms with E-state index >= 15 is 0 Å². The normalized spacial score (nSPS) is 11.4. The van der Waals surface area contributed by atoms with Crippen molar-refractivity contribution >= 4 is 11.9 Å². The van der Waals surface area contributed by atoms with Gasteiger partial charge in [-0.1, -0.05) is 155 Å². The van der Waals surface area contributed by atoms with Crippen LogP contribution < -0.4 is 0 Å². The number of carbonyl (C=O) groups is 2. The predicted octanol–water partition coefficient (Wildman–Crippen LogP) is 10.4. The zero-order chi connectivity index (χ0) is 32.1. The molecular formula is C38H68N2O4. The van der Waals surface area contributed by atoms with Gasteiger partial charge in [0, 0.05) is 13.1 Å². The molecule has 1 aromatic carbocycles. The van der Waals surface area contributed by atoms with E-state index in [-0.39, 0.29) is 24.6 Å². The minimum atomic E-state index is -0.475. The van der Waals surface area contributed by atoms with Crippen LogP contribution in [0.4, 0.5) is 0 Å². The Bertz CT molecular complexity index is 764. The van der Waals surface area contributed by atoms with E-state index in [9.17, 15) is 9.59 Å². The van der Waals surface area contributed by atoms with Gasteiger partial charge >= 0.3 is 11.9 Å². The summed E-state index contributed by atoms with van der Waals surface area (Å²) in [5.74, 6) is -0.950. The molecule has 0 aliphatic heterocycles. The minimum Gasteiger partial charge on any atom is -0.446 e. The van der Waals surface area contributed by atoms with Gasteiger partial charge in [-0.2, -0.15) is 0 Å². The maximum atomic E-state index is 13.0. The first-order chi connectivity index (χ1) is 21.6. The van der Waals surface area contributed by atoms with Crippen LogP contribution in [-0.4, -0.2) is 61.4 Å². The van der Waals surface area contributed by atoms with Crippen molar-refractivity contribution in [1.82, 2.24) is 9.80 Å². The molecule has 0 saturated carbocycles. The van der Waals surface area contributed by atoms with E-state index in [0.717, 1.165) is 39.0 Å². The van der Waals surface area contributed by atoms with Crippen LogP contribution >= 0.6 is 0 Å². The van der Waals surface area contributed by atoms with Crippen molar-refractivity contribution in [3.63, 3.8) is 0 Å². The molecule has 0 amide bonds. The highest BCUT2D eigenvalue weighted by Crippen LogP contribution is 2.15. The van der Waals surface area contributed by atoms with E-state index in [4.69, 9.17) is 9.47 Å². The Labute approximate surface area is 271 Å². The van der Waals surface area contributed by atoms with Crippen LogP contribution in [0, 0.1) is 0 Å². The first-order valence-electron chi connectivity index (χ1n) is 18.4. The zero-order valence-corrected chi connectivity index (χ0v) is 29.2. The summed E-state index contributed by atoms with van der Waals surface area (Å²) in [4.78, 5) is 30.2. The molecule has 0 heterocycles. The third-order valence-electron chi connectivity index (χ3n) is 8.67. The zero-order valence-electron chi connectivity index (χ0n) is 29.2. The molecule has 1 aromatic rings. The number of unbranched alkanes of at least 4 members (excludes halogenated alkanes) is 18. The summed E-state index contributed by atoms with van der Waals surface area (Å²) in [5, 5.41) is 0. The lowest BCUT2D eigenvalue weighted by Gasteiger charge is -2.21. The highest BCUT2D eigenvalue weighted by Gasteiger charge is 2.20. The Kier molecular flexibility index (Phi) is 26.0. The Morgan fingerprint density at radius 1 is 0.477 bits per heavy atom. The fourth-order valence-corrected chi connectivity index (χ4v) is 5.57. The minimum absolute atomic E-state index is 0.235. The Morgan fingerprint density at radius 2 is 0.773 bits per heavy atom. The number of hydrogen-bond acceptors (Lipinski definition) is 6. The highest BCUT2D eigenvalue weighted by atomic mass is 16.6. The predicted molar refractivity (Wildman–Crippen MR) is 185 cm³/mol. The lowest BCUT2D eigenvalue weighted by molar-refractivity contribution is 0.0180.